The number of pyridine rings is 1. The second kappa shape index (κ2) is 6.96. The van der Waals surface area contributed by atoms with E-state index in [1.54, 1.807) is 34.6 Å². The van der Waals surface area contributed by atoms with Crippen LogP contribution in [0.2, 0.25) is 5.02 Å². The zero-order chi connectivity index (χ0) is 19.9. The third kappa shape index (κ3) is 3.36. The Morgan fingerprint density at radius 2 is 2.04 bits per heavy atom. The molecule has 1 amide bonds. The second-order valence-electron chi connectivity index (χ2n) is 7.05. The molecular formula is C19H17ClN6OS. The molecule has 0 aliphatic heterocycles. The lowest BCUT2D eigenvalue weighted by Crippen LogP contribution is -2.23. The molecule has 28 heavy (non-hydrogen) atoms. The van der Waals surface area contributed by atoms with Crippen molar-refractivity contribution in [2.24, 2.45) is 5.73 Å². The Morgan fingerprint density at radius 3 is 2.71 bits per heavy atom. The van der Waals surface area contributed by atoms with Gasteiger partial charge < -0.3 is 5.73 Å². The number of carbonyl (C=O) groups excluding carboxylic acids is 1. The smallest absolute Gasteiger partial charge is 0.266 e. The Labute approximate surface area is 170 Å². The highest BCUT2D eigenvalue weighted by Crippen LogP contribution is 2.30. The number of rotatable bonds is 5. The Morgan fingerprint density at radius 1 is 1.29 bits per heavy atom. The molecule has 0 aromatic carbocycles. The first-order chi connectivity index (χ1) is 13.3. The third-order valence-electron chi connectivity index (χ3n) is 4.46. The van der Waals surface area contributed by atoms with Crippen molar-refractivity contribution in [2.45, 2.75) is 25.7 Å². The summed E-state index contributed by atoms with van der Waals surface area (Å²) in [6.07, 6.45) is 7.55. The van der Waals surface area contributed by atoms with Crippen molar-refractivity contribution in [3.05, 3.63) is 64.5 Å². The van der Waals surface area contributed by atoms with Crippen LogP contribution in [0.4, 0.5) is 0 Å². The van der Waals surface area contributed by atoms with E-state index in [0.29, 0.717) is 33.6 Å². The lowest BCUT2D eigenvalue weighted by molar-refractivity contribution is 0.0995. The zero-order valence-corrected chi connectivity index (χ0v) is 16.8. The number of imidazole rings is 1. The standard InChI is InChI=1S/C19H17ClN6OS/c1-19(2,16-12(20)4-3-5-22-16)6-15-23-7-11(8-24-15)13-9-26-14(17(21)27)10-28-18(26)25-13/h3-5,7-10H,6H2,1-2H3,(H2,21,27). The summed E-state index contributed by atoms with van der Waals surface area (Å²) in [6.45, 7) is 4.13. The van der Waals surface area contributed by atoms with Gasteiger partial charge in [0.05, 0.1) is 16.4 Å². The van der Waals surface area contributed by atoms with E-state index in [2.05, 4.69) is 33.8 Å². The van der Waals surface area contributed by atoms with Gasteiger partial charge in [0.25, 0.3) is 5.91 Å². The molecule has 0 aliphatic rings. The van der Waals surface area contributed by atoms with Gasteiger partial charge in [-0.1, -0.05) is 25.4 Å². The number of amides is 1. The number of hydrogen-bond acceptors (Lipinski definition) is 6. The van der Waals surface area contributed by atoms with Gasteiger partial charge >= 0.3 is 0 Å². The first-order valence-corrected chi connectivity index (χ1v) is 9.79. The van der Waals surface area contributed by atoms with Crippen LogP contribution in [0.1, 0.15) is 35.9 Å². The largest absolute Gasteiger partial charge is 0.364 e. The highest BCUT2D eigenvalue weighted by molar-refractivity contribution is 7.15. The molecule has 0 saturated heterocycles. The van der Waals surface area contributed by atoms with E-state index in [9.17, 15) is 4.79 Å². The van der Waals surface area contributed by atoms with E-state index in [1.165, 1.54) is 11.3 Å². The summed E-state index contributed by atoms with van der Waals surface area (Å²) in [5.41, 5.74) is 7.76. The Balaban J connectivity index is 1.59. The van der Waals surface area contributed by atoms with Crippen LogP contribution in [0.25, 0.3) is 16.2 Å². The number of thiazole rings is 1. The molecular weight excluding hydrogens is 396 g/mol. The van der Waals surface area contributed by atoms with Crippen LogP contribution in [0, 0.1) is 0 Å². The molecule has 2 N–H and O–H groups in total. The van der Waals surface area contributed by atoms with Gasteiger partial charge in [0.2, 0.25) is 0 Å². The SMILES string of the molecule is CC(C)(Cc1ncc(-c2cn3c(C(N)=O)csc3n2)cn1)c1ncccc1Cl. The topological polar surface area (TPSA) is 99.1 Å². The number of fused-ring (bicyclic) bond motifs is 1. The molecule has 0 aliphatic carbocycles. The van der Waals surface area contributed by atoms with Crippen molar-refractivity contribution in [2.75, 3.05) is 0 Å². The summed E-state index contributed by atoms with van der Waals surface area (Å²) in [5, 5.41) is 2.33. The van der Waals surface area contributed by atoms with Gasteiger partial charge in [-0.2, -0.15) is 0 Å². The first kappa shape index (κ1) is 18.5. The summed E-state index contributed by atoms with van der Waals surface area (Å²) in [5.74, 6) is 0.200. The molecule has 9 heteroatoms. The Bertz CT molecular complexity index is 1160. The van der Waals surface area contributed by atoms with E-state index >= 15 is 0 Å². The minimum absolute atomic E-state index is 0.312. The van der Waals surface area contributed by atoms with Crippen LogP contribution in [0.3, 0.4) is 0 Å². The summed E-state index contributed by atoms with van der Waals surface area (Å²) in [6, 6.07) is 3.65. The van der Waals surface area contributed by atoms with Crippen LogP contribution in [-0.2, 0) is 11.8 Å². The highest BCUT2D eigenvalue weighted by atomic mass is 35.5. The van der Waals surface area contributed by atoms with Gasteiger partial charge in [-0.15, -0.1) is 11.3 Å². The van der Waals surface area contributed by atoms with E-state index in [-0.39, 0.29) is 5.41 Å². The minimum atomic E-state index is -0.489. The van der Waals surface area contributed by atoms with E-state index < -0.39 is 5.91 Å². The van der Waals surface area contributed by atoms with Gasteiger partial charge in [-0.25, -0.2) is 15.0 Å². The number of hydrogen-bond donors (Lipinski definition) is 1. The predicted molar refractivity (Wildman–Crippen MR) is 109 cm³/mol. The number of nitrogens with two attached hydrogens (primary N) is 1. The van der Waals surface area contributed by atoms with Gasteiger partial charge in [0.1, 0.15) is 11.5 Å². The quantitative estimate of drug-likeness (QED) is 0.540. The van der Waals surface area contributed by atoms with Crippen molar-refractivity contribution in [1.29, 1.82) is 0 Å². The molecule has 0 bridgehead atoms. The molecule has 0 radical (unpaired) electrons. The zero-order valence-electron chi connectivity index (χ0n) is 15.3. The van der Waals surface area contributed by atoms with Gasteiger partial charge in [0.15, 0.2) is 4.96 Å². The molecule has 4 heterocycles. The monoisotopic (exact) mass is 412 g/mol. The summed E-state index contributed by atoms with van der Waals surface area (Å²) < 4.78 is 1.68. The fourth-order valence-electron chi connectivity index (χ4n) is 3.04. The number of nitrogens with zero attached hydrogens (tertiary/aromatic N) is 5. The average Bonchev–Trinajstić information content (AvgIpc) is 3.22. The van der Waals surface area contributed by atoms with Crippen molar-refractivity contribution in [3.63, 3.8) is 0 Å². The van der Waals surface area contributed by atoms with Gasteiger partial charge in [-0.05, 0) is 12.1 Å². The number of halogens is 1. The number of carbonyl (C=O) groups is 1. The Kier molecular flexibility index (Phi) is 4.60. The molecule has 0 saturated carbocycles. The summed E-state index contributed by atoms with van der Waals surface area (Å²) in [7, 11) is 0. The van der Waals surface area contributed by atoms with Crippen molar-refractivity contribution < 1.29 is 4.79 Å². The lowest BCUT2D eigenvalue weighted by Gasteiger charge is -2.24. The molecule has 0 fully saturated rings. The fraction of sp³-hybridized carbons (Fsp3) is 0.211. The molecule has 0 unspecified atom stereocenters. The fourth-order valence-corrected chi connectivity index (χ4v) is 4.28. The number of primary amides is 1. The first-order valence-electron chi connectivity index (χ1n) is 8.54. The Hall–Kier alpha value is -2.84. The van der Waals surface area contributed by atoms with Crippen LogP contribution in [0.5, 0.6) is 0 Å². The molecule has 0 atom stereocenters. The lowest BCUT2D eigenvalue weighted by atomic mass is 9.84. The van der Waals surface area contributed by atoms with Crippen molar-refractivity contribution in [1.82, 2.24) is 24.3 Å². The van der Waals surface area contributed by atoms with Gasteiger partial charge in [-0.3, -0.25) is 14.2 Å². The molecule has 0 spiro atoms. The third-order valence-corrected chi connectivity index (χ3v) is 5.61. The molecule has 4 rings (SSSR count). The normalized spacial score (nSPS) is 11.8. The molecule has 4 aromatic rings. The average molecular weight is 413 g/mol. The van der Waals surface area contributed by atoms with Crippen LogP contribution in [0.15, 0.2) is 42.3 Å². The maximum atomic E-state index is 11.5. The van der Waals surface area contributed by atoms with Crippen molar-refractivity contribution >= 4 is 33.8 Å². The van der Waals surface area contributed by atoms with E-state index in [4.69, 9.17) is 17.3 Å². The van der Waals surface area contributed by atoms with Crippen LogP contribution >= 0.6 is 22.9 Å². The molecule has 142 valence electrons. The maximum absolute atomic E-state index is 11.5. The second-order valence-corrected chi connectivity index (χ2v) is 8.29. The molecule has 4 aromatic heterocycles. The van der Waals surface area contributed by atoms with Gasteiger partial charge in [0, 0.05) is 47.6 Å². The summed E-state index contributed by atoms with van der Waals surface area (Å²) >= 11 is 7.66. The maximum Gasteiger partial charge on any atom is 0.266 e. The number of aromatic nitrogens is 5. The van der Waals surface area contributed by atoms with E-state index in [0.717, 1.165) is 11.3 Å². The highest BCUT2D eigenvalue weighted by Gasteiger charge is 2.26. The predicted octanol–water partition coefficient (Wildman–Crippen LogP) is 3.52. The van der Waals surface area contributed by atoms with Crippen LogP contribution < -0.4 is 5.73 Å². The van der Waals surface area contributed by atoms with Crippen molar-refractivity contribution in [3.8, 4) is 11.3 Å². The molecule has 7 nitrogen and oxygen atoms in total. The minimum Gasteiger partial charge on any atom is -0.364 e. The van der Waals surface area contributed by atoms with E-state index in [1.807, 2.05) is 12.1 Å². The van der Waals surface area contributed by atoms with Crippen LogP contribution in [-0.4, -0.2) is 30.2 Å². The summed E-state index contributed by atoms with van der Waals surface area (Å²) in [4.78, 5) is 30.1.